The Balaban J connectivity index is 2.45. The van der Waals surface area contributed by atoms with Gasteiger partial charge in [0.05, 0.1) is 16.7 Å². The molecule has 1 unspecified atom stereocenters. The third-order valence-electron chi connectivity index (χ3n) is 3.09. The van der Waals surface area contributed by atoms with Gasteiger partial charge in [0.1, 0.15) is 0 Å². The van der Waals surface area contributed by atoms with Gasteiger partial charge in [-0.3, -0.25) is 4.72 Å². The normalized spacial score (nSPS) is 13.0. The van der Waals surface area contributed by atoms with Crippen LogP contribution in [0.5, 0.6) is 0 Å². The molecule has 0 fully saturated rings. The SMILES string of the molecule is Cc1ccc(Br)cc1S(=O)(=O)Nc1ccccc1C(C)O. The molecule has 0 aliphatic heterocycles. The van der Waals surface area contributed by atoms with Crippen LogP contribution < -0.4 is 4.72 Å². The van der Waals surface area contributed by atoms with Gasteiger partial charge in [-0.05, 0) is 37.6 Å². The quantitative estimate of drug-likeness (QED) is 0.864. The first-order chi connectivity index (χ1) is 9.81. The van der Waals surface area contributed by atoms with Crippen molar-refractivity contribution in [1.29, 1.82) is 0 Å². The number of nitrogens with one attached hydrogen (secondary N) is 1. The summed E-state index contributed by atoms with van der Waals surface area (Å²) in [6, 6.07) is 11.9. The first-order valence-electron chi connectivity index (χ1n) is 6.37. The lowest BCUT2D eigenvalue weighted by atomic mass is 10.1. The predicted octanol–water partition coefficient (Wildman–Crippen LogP) is 3.61. The predicted molar refractivity (Wildman–Crippen MR) is 86.8 cm³/mol. The van der Waals surface area contributed by atoms with Crippen LogP contribution in [0.25, 0.3) is 0 Å². The van der Waals surface area contributed by atoms with Gasteiger partial charge in [0.15, 0.2) is 0 Å². The Morgan fingerprint density at radius 3 is 2.52 bits per heavy atom. The van der Waals surface area contributed by atoms with Crippen molar-refractivity contribution in [2.75, 3.05) is 4.72 Å². The van der Waals surface area contributed by atoms with Crippen molar-refractivity contribution in [3.8, 4) is 0 Å². The molecule has 0 aliphatic carbocycles. The van der Waals surface area contributed by atoms with Crippen molar-refractivity contribution in [3.05, 3.63) is 58.1 Å². The fraction of sp³-hybridized carbons (Fsp3) is 0.200. The average Bonchev–Trinajstić information content (AvgIpc) is 2.41. The molecule has 0 amide bonds. The second-order valence-corrected chi connectivity index (χ2v) is 7.35. The minimum absolute atomic E-state index is 0.206. The zero-order valence-electron chi connectivity index (χ0n) is 11.7. The lowest BCUT2D eigenvalue weighted by molar-refractivity contribution is 0.200. The van der Waals surface area contributed by atoms with E-state index in [-0.39, 0.29) is 4.90 Å². The van der Waals surface area contributed by atoms with Crippen molar-refractivity contribution in [3.63, 3.8) is 0 Å². The smallest absolute Gasteiger partial charge is 0.262 e. The van der Waals surface area contributed by atoms with Gasteiger partial charge in [-0.25, -0.2) is 8.42 Å². The van der Waals surface area contributed by atoms with E-state index in [1.807, 2.05) is 0 Å². The molecule has 0 saturated carbocycles. The fourth-order valence-electron chi connectivity index (χ4n) is 2.02. The van der Waals surface area contributed by atoms with Crippen molar-refractivity contribution in [1.82, 2.24) is 0 Å². The van der Waals surface area contributed by atoms with E-state index in [0.717, 1.165) is 0 Å². The zero-order chi connectivity index (χ0) is 15.6. The largest absolute Gasteiger partial charge is 0.389 e. The number of aliphatic hydroxyl groups excluding tert-OH is 1. The highest BCUT2D eigenvalue weighted by atomic mass is 79.9. The number of hydrogen-bond acceptors (Lipinski definition) is 3. The Kier molecular flexibility index (Phi) is 4.70. The summed E-state index contributed by atoms with van der Waals surface area (Å²) in [6.45, 7) is 3.33. The molecule has 112 valence electrons. The lowest BCUT2D eigenvalue weighted by Crippen LogP contribution is -2.16. The summed E-state index contributed by atoms with van der Waals surface area (Å²) < 4.78 is 28.3. The molecule has 6 heteroatoms. The molecule has 4 nitrogen and oxygen atoms in total. The number of anilines is 1. The second-order valence-electron chi connectivity index (χ2n) is 4.78. The van der Waals surface area contributed by atoms with Crippen LogP contribution in [-0.4, -0.2) is 13.5 Å². The highest BCUT2D eigenvalue weighted by molar-refractivity contribution is 9.10. The summed E-state index contributed by atoms with van der Waals surface area (Å²) in [5, 5.41) is 9.73. The number of aryl methyl sites for hydroxylation is 1. The van der Waals surface area contributed by atoms with Crippen LogP contribution >= 0.6 is 15.9 Å². The van der Waals surface area contributed by atoms with Crippen LogP contribution in [0, 0.1) is 6.92 Å². The molecule has 2 N–H and O–H groups in total. The number of rotatable bonds is 4. The number of para-hydroxylation sites is 1. The van der Waals surface area contributed by atoms with E-state index in [1.165, 1.54) is 0 Å². The maximum absolute atomic E-state index is 12.5. The summed E-state index contributed by atoms with van der Waals surface area (Å²) >= 11 is 3.28. The third kappa shape index (κ3) is 3.64. The first kappa shape index (κ1) is 16.0. The molecule has 2 aromatic rings. The maximum atomic E-state index is 12.5. The molecule has 0 saturated heterocycles. The Hall–Kier alpha value is -1.37. The van der Waals surface area contributed by atoms with Gasteiger partial charge < -0.3 is 5.11 Å². The summed E-state index contributed by atoms with van der Waals surface area (Å²) in [4.78, 5) is 0.206. The Morgan fingerprint density at radius 2 is 1.86 bits per heavy atom. The summed E-state index contributed by atoms with van der Waals surface area (Å²) in [7, 11) is -3.71. The minimum atomic E-state index is -3.71. The molecule has 0 aromatic heterocycles. The molecular formula is C15H16BrNO3S. The molecule has 0 radical (unpaired) electrons. The highest BCUT2D eigenvalue weighted by Gasteiger charge is 2.19. The van der Waals surface area contributed by atoms with E-state index in [9.17, 15) is 13.5 Å². The topological polar surface area (TPSA) is 66.4 Å². The van der Waals surface area contributed by atoms with Gasteiger partial charge >= 0.3 is 0 Å². The molecule has 2 rings (SSSR count). The molecule has 0 aliphatic rings. The van der Waals surface area contributed by atoms with Crippen molar-refractivity contribution in [2.24, 2.45) is 0 Å². The van der Waals surface area contributed by atoms with E-state index >= 15 is 0 Å². The van der Waals surface area contributed by atoms with Gasteiger partial charge in [0, 0.05) is 10.0 Å². The highest BCUT2D eigenvalue weighted by Crippen LogP contribution is 2.27. The lowest BCUT2D eigenvalue weighted by Gasteiger charge is -2.15. The second kappa shape index (κ2) is 6.17. The van der Waals surface area contributed by atoms with Crippen LogP contribution in [0.2, 0.25) is 0 Å². The van der Waals surface area contributed by atoms with Crippen molar-refractivity contribution < 1.29 is 13.5 Å². The van der Waals surface area contributed by atoms with Crippen LogP contribution in [0.3, 0.4) is 0 Å². The summed E-state index contributed by atoms with van der Waals surface area (Å²) in [6.07, 6.45) is -0.757. The van der Waals surface area contributed by atoms with Crippen LogP contribution in [0.4, 0.5) is 5.69 Å². The summed E-state index contributed by atoms with van der Waals surface area (Å²) in [5.41, 5.74) is 1.57. The van der Waals surface area contributed by atoms with Crippen LogP contribution in [-0.2, 0) is 10.0 Å². The third-order valence-corrected chi connectivity index (χ3v) is 5.10. The van der Waals surface area contributed by atoms with Gasteiger partial charge in [-0.1, -0.05) is 40.2 Å². The van der Waals surface area contributed by atoms with Gasteiger partial charge in [-0.2, -0.15) is 0 Å². The molecular weight excluding hydrogens is 354 g/mol. The standard InChI is InChI=1S/C15H16BrNO3S/c1-10-7-8-12(16)9-15(10)21(19,20)17-14-6-4-3-5-13(14)11(2)18/h3-9,11,17-18H,1-2H3. The zero-order valence-corrected chi connectivity index (χ0v) is 14.1. The van der Waals surface area contributed by atoms with Crippen molar-refractivity contribution in [2.45, 2.75) is 24.8 Å². The van der Waals surface area contributed by atoms with Crippen LogP contribution in [0.15, 0.2) is 51.8 Å². The van der Waals surface area contributed by atoms with Gasteiger partial charge in [0.25, 0.3) is 10.0 Å². The Morgan fingerprint density at radius 1 is 1.19 bits per heavy atom. The number of sulfonamides is 1. The molecule has 1 atom stereocenters. The maximum Gasteiger partial charge on any atom is 0.262 e. The first-order valence-corrected chi connectivity index (χ1v) is 8.65. The van der Waals surface area contributed by atoms with E-state index in [2.05, 4.69) is 20.7 Å². The average molecular weight is 370 g/mol. The minimum Gasteiger partial charge on any atom is -0.389 e. The van der Waals surface area contributed by atoms with Gasteiger partial charge in [0.2, 0.25) is 0 Å². The molecule has 21 heavy (non-hydrogen) atoms. The number of benzene rings is 2. The molecule has 0 heterocycles. The Bertz CT molecular complexity index is 757. The van der Waals surface area contributed by atoms with Crippen LogP contribution in [0.1, 0.15) is 24.2 Å². The number of aliphatic hydroxyl groups is 1. The van der Waals surface area contributed by atoms with E-state index in [4.69, 9.17) is 0 Å². The molecule has 2 aromatic carbocycles. The molecule has 0 bridgehead atoms. The van der Waals surface area contributed by atoms with E-state index in [1.54, 1.807) is 56.3 Å². The van der Waals surface area contributed by atoms with Gasteiger partial charge in [-0.15, -0.1) is 0 Å². The number of halogens is 1. The fourth-order valence-corrected chi connectivity index (χ4v) is 3.89. The van der Waals surface area contributed by atoms with Crippen molar-refractivity contribution >= 4 is 31.6 Å². The monoisotopic (exact) mass is 369 g/mol. The number of hydrogen-bond donors (Lipinski definition) is 2. The van der Waals surface area contributed by atoms with E-state index in [0.29, 0.717) is 21.3 Å². The van der Waals surface area contributed by atoms with E-state index < -0.39 is 16.1 Å². The molecule has 0 spiro atoms. The summed E-state index contributed by atoms with van der Waals surface area (Å²) in [5.74, 6) is 0. The Labute approximate surface area is 133 Å².